The molecule has 0 bridgehead atoms. The first kappa shape index (κ1) is 15.0. The minimum atomic E-state index is -0.895. The van der Waals surface area contributed by atoms with Gasteiger partial charge < -0.3 is 10.4 Å². The van der Waals surface area contributed by atoms with E-state index in [1.165, 1.54) is 0 Å². The third-order valence-electron chi connectivity index (χ3n) is 3.16. The van der Waals surface area contributed by atoms with Crippen LogP contribution in [0.2, 0.25) is 0 Å². The number of carboxylic acids is 1. The number of carbonyl (C=O) groups is 1. The SMILES string of the molecule is CCc1cc(N[C@H](Cc2ccccc2)C(=O)O)nc(C)n1. The number of benzene rings is 1. The van der Waals surface area contributed by atoms with E-state index >= 15 is 0 Å². The molecule has 2 N–H and O–H groups in total. The summed E-state index contributed by atoms with van der Waals surface area (Å²) in [5.41, 5.74) is 1.87. The van der Waals surface area contributed by atoms with Crippen LogP contribution in [0.15, 0.2) is 36.4 Å². The van der Waals surface area contributed by atoms with E-state index in [1.54, 1.807) is 13.0 Å². The number of hydrogen-bond donors (Lipinski definition) is 2. The molecule has 2 rings (SSSR count). The number of nitrogens with zero attached hydrogens (tertiary/aromatic N) is 2. The molecule has 0 amide bonds. The van der Waals surface area contributed by atoms with Gasteiger partial charge >= 0.3 is 5.97 Å². The Morgan fingerprint density at radius 2 is 2.00 bits per heavy atom. The maximum absolute atomic E-state index is 11.4. The normalized spacial score (nSPS) is 11.9. The van der Waals surface area contributed by atoms with Crippen molar-refractivity contribution in [3.63, 3.8) is 0 Å². The van der Waals surface area contributed by atoms with Gasteiger partial charge in [-0.2, -0.15) is 0 Å². The molecule has 5 nitrogen and oxygen atoms in total. The molecular weight excluding hydrogens is 266 g/mol. The van der Waals surface area contributed by atoms with Gasteiger partial charge in [0, 0.05) is 18.2 Å². The van der Waals surface area contributed by atoms with E-state index in [9.17, 15) is 9.90 Å². The van der Waals surface area contributed by atoms with Gasteiger partial charge in [0.15, 0.2) is 0 Å². The van der Waals surface area contributed by atoms with Crippen molar-refractivity contribution in [2.75, 3.05) is 5.32 Å². The van der Waals surface area contributed by atoms with E-state index in [-0.39, 0.29) is 0 Å². The average Bonchev–Trinajstić information content (AvgIpc) is 2.47. The standard InChI is InChI=1S/C16H19N3O2/c1-3-13-10-15(18-11(2)17-13)19-14(16(20)21)9-12-7-5-4-6-8-12/h4-8,10,14H,3,9H2,1-2H3,(H,20,21)(H,17,18,19)/t14-/m1/s1. The summed E-state index contributed by atoms with van der Waals surface area (Å²) < 4.78 is 0. The molecule has 0 saturated heterocycles. The Balaban J connectivity index is 2.16. The molecule has 0 unspecified atom stereocenters. The molecule has 1 aromatic heterocycles. The van der Waals surface area contributed by atoms with E-state index < -0.39 is 12.0 Å². The van der Waals surface area contributed by atoms with Crippen molar-refractivity contribution in [1.29, 1.82) is 0 Å². The van der Waals surface area contributed by atoms with Gasteiger partial charge in [-0.15, -0.1) is 0 Å². The van der Waals surface area contributed by atoms with Crippen molar-refractivity contribution in [2.45, 2.75) is 32.7 Å². The highest BCUT2D eigenvalue weighted by atomic mass is 16.4. The number of anilines is 1. The minimum absolute atomic E-state index is 0.403. The molecule has 5 heteroatoms. The van der Waals surface area contributed by atoms with Crippen molar-refractivity contribution in [2.24, 2.45) is 0 Å². The topological polar surface area (TPSA) is 75.1 Å². The molecule has 0 aliphatic carbocycles. The fourth-order valence-electron chi connectivity index (χ4n) is 2.11. The number of carboxylic acid groups (broad SMARTS) is 1. The number of nitrogens with one attached hydrogen (secondary N) is 1. The highest BCUT2D eigenvalue weighted by molar-refractivity contribution is 5.77. The van der Waals surface area contributed by atoms with E-state index in [2.05, 4.69) is 15.3 Å². The van der Waals surface area contributed by atoms with Crippen LogP contribution in [-0.4, -0.2) is 27.1 Å². The van der Waals surface area contributed by atoms with Crippen LogP contribution in [0.5, 0.6) is 0 Å². The van der Waals surface area contributed by atoms with Crippen molar-refractivity contribution < 1.29 is 9.90 Å². The summed E-state index contributed by atoms with van der Waals surface area (Å²) in [6.45, 7) is 3.81. The van der Waals surface area contributed by atoms with Gasteiger partial charge in [-0.3, -0.25) is 0 Å². The lowest BCUT2D eigenvalue weighted by atomic mass is 10.1. The fourth-order valence-corrected chi connectivity index (χ4v) is 2.11. The molecule has 0 spiro atoms. The summed E-state index contributed by atoms with van der Waals surface area (Å²) >= 11 is 0. The van der Waals surface area contributed by atoms with Crippen LogP contribution in [0.3, 0.4) is 0 Å². The van der Waals surface area contributed by atoms with Crippen LogP contribution < -0.4 is 5.32 Å². The van der Waals surface area contributed by atoms with Gasteiger partial charge in [0.05, 0.1) is 0 Å². The van der Waals surface area contributed by atoms with E-state index in [0.29, 0.717) is 18.1 Å². The van der Waals surface area contributed by atoms with Gasteiger partial charge in [-0.1, -0.05) is 37.3 Å². The van der Waals surface area contributed by atoms with Crippen LogP contribution in [-0.2, 0) is 17.6 Å². The number of aryl methyl sites for hydroxylation is 2. The zero-order valence-electron chi connectivity index (χ0n) is 12.2. The molecule has 1 aromatic carbocycles. The van der Waals surface area contributed by atoms with E-state index in [1.807, 2.05) is 37.3 Å². The van der Waals surface area contributed by atoms with Gasteiger partial charge in [-0.25, -0.2) is 14.8 Å². The van der Waals surface area contributed by atoms with Crippen molar-refractivity contribution >= 4 is 11.8 Å². The molecule has 0 saturated carbocycles. The Labute approximate surface area is 124 Å². The molecule has 21 heavy (non-hydrogen) atoms. The summed E-state index contributed by atoms with van der Waals surface area (Å²) in [5.74, 6) is 0.302. The Kier molecular flexibility index (Phi) is 4.87. The highest BCUT2D eigenvalue weighted by Gasteiger charge is 2.18. The molecule has 1 heterocycles. The molecular formula is C16H19N3O2. The quantitative estimate of drug-likeness (QED) is 0.852. The monoisotopic (exact) mass is 285 g/mol. The van der Waals surface area contributed by atoms with Crippen LogP contribution in [0, 0.1) is 6.92 Å². The second-order valence-electron chi connectivity index (χ2n) is 4.87. The van der Waals surface area contributed by atoms with Crippen LogP contribution >= 0.6 is 0 Å². The molecule has 0 fully saturated rings. The van der Waals surface area contributed by atoms with Crippen molar-refractivity contribution in [1.82, 2.24) is 9.97 Å². The first-order valence-corrected chi connectivity index (χ1v) is 6.96. The summed E-state index contributed by atoms with van der Waals surface area (Å²) in [5, 5.41) is 12.4. The highest BCUT2D eigenvalue weighted by Crippen LogP contribution is 2.12. The molecule has 0 aliphatic heterocycles. The lowest BCUT2D eigenvalue weighted by molar-refractivity contribution is -0.137. The zero-order chi connectivity index (χ0) is 15.2. The largest absolute Gasteiger partial charge is 0.480 e. The smallest absolute Gasteiger partial charge is 0.326 e. The predicted octanol–water partition coefficient (Wildman–Crippen LogP) is 2.46. The van der Waals surface area contributed by atoms with Crippen molar-refractivity contribution in [3.05, 3.63) is 53.5 Å². The average molecular weight is 285 g/mol. The fraction of sp³-hybridized carbons (Fsp3) is 0.312. The van der Waals surface area contributed by atoms with Gasteiger partial charge in [0.1, 0.15) is 17.7 Å². The molecule has 2 aromatic rings. The molecule has 1 atom stereocenters. The predicted molar refractivity (Wildman–Crippen MR) is 81.3 cm³/mol. The molecule has 0 radical (unpaired) electrons. The second-order valence-corrected chi connectivity index (χ2v) is 4.87. The summed E-state index contributed by atoms with van der Waals surface area (Å²) in [4.78, 5) is 20.0. The van der Waals surface area contributed by atoms with Crippen LogP contribution in [0.4, 0.5) is 5.82 Å². The summed E-state index contributed by atoms with van der Waals surface area (Å²) in [7, 11) is 0. The number of rotatable bonds is 6. The number of aliphatic carboxylic acids is 1. The summed E-state index contributed by atoms with van der Waals surface area (Å²) in [6, 6.07) is 10.6. The van der Waals surface area contributed by atoms with Gasteiger partial charge in [0.2, 0.25) is 0 Å². The molecule has 110 valence electrons. The van der Waals surface area contributed by atoms with Crippen molar-refractivity contribution in [3.8, 4) is 0 Å². The van der Waals surface area contributed by atoms with Crippen LogP contribution in [0.1, 0.15) is 24.0 Å². The third kappa shape index (κ3) is 4.27. The van der Waals surface area contributed by atoms with Gasteiger partial charge in [-0.05, 0) is 18.9 Å². The Hall–Kier alpha value is -2.43. The number of hydrogen-bond acceptors (Lipinski definition) is 4. The lowest BCUT2D eigenvalue weighted by Crippen LogP contribution is -2.32. The lowest BCUT2D eigenvalue weighted by Gasteiger charge is -2.16. The maximum atomic E-state index is 11.4. The third-order valence-corrected chi connectivity index (χ3v) is 3.16. The van der Waals surface area contributed by atoms with Gasteiger partial charge in [0.25, 0.3) is 0 Å². The maximum Gasteiger partial charge on any atom is 0.326 e. The van der Waals surface area contributed by atoms with Crippen LogP contribution in [0.25, 0.3) is 0 Å². The van der Waals surface area contributed by atoms with E-state index in [0.717, 1.165) is 17.7 Å². The first-order valence-electron chi connectivity index (χ1n) is 6.96. The second kappa shape index (κ2) is 6.83. The Morgan fingerprint density at radius 3 is 2.62 bits per heavy atom. The summed E-state index contributed by atoms with van der Waals surface area (Å²) in [6.07, 6.45) is 1.19. The minimum Gasteiger partial charge on any atom is -0.480 e. The number of aromatic nitrogens is 2. The Morgan fingerprint density at radius 1 is 1.29 bits per heavy atom. The first-order chi connectivity index (χ1) is 10.1. The zero-order valence-corrected chi connectivity index (χ0v) is 12.2. The van der Waals surface area contributed by atoms with E-state index in [4.69, 9.17) is 0 Å². The Bertz CT molecular complexity index is 614. The molecule has 0 aliphatic rings.